The van der Waals surface area contributed by atoms with Crippen LogP contribution in [0, 0.1) is 71.9 Å². The van der Waals surface area contributed by atoms with E-state index in [0.29, 0.717) is 65.4 Å². The summed E-state index contributed by atoms with van der Waals surface area (Å²) in [5, 5.41) is 59.4. The van der Waals surface area contributed by atoms with Crippen LogP contribution in [0.15, 0.2) is 97.1 Å². The number of phenols is 5. The molecule has 0 saturated heterocycles. The molecule has 24 nitrogen and oxygen atoms in total. The van der Waals surface area contributed by atoms with Gasteiger partial charge in [-0.15, -0.1) is 106 Å². The van der Waals surface area contributed by atoms with Gasteiger partial charge in [0.05, 0.1) is 20.8 Å². The fourth-order valence-corrected chi connectivity index (χ4v) is 7.68. The standard InChI is InChI=1S/C9H6FNO2.C8H6ClFO2.C8H7FO3.C8H5FO3.2C8H7FO3.C8H7FO2.C7H5FO3.CN.2BBr3.B.Cl2OS.2Na.H/c1-11-4-6-2-7(10)9-8(3-6)12-5-13-9;9-3-5-1-6(10)8-7(2-5)11-4-12-8;2*9-6-1-5(3-10)2-7-8(6)12-4-11-7;2*1-12-7-3-5(4-10)2-6(9)8(7)11;1-5-7(9)2-6(4-10)3-8(5)11;8-5-1-4(3-9)2-6(10)7(5)11;1-2;2*2-1(3)4;;1-4(2)3;;;/h2-3H,4-5H2;1-2H,3-4H2;1-2,10H,3-4H2;1-3H,4H2;2*2-4,11H,1H3;2-4,11H,1H3;1-3,10-11H;;;;;;;;/q;;;;;;;;-1;;;;;2*+1;-1. The van der Waals surface area contributed by atoms with Crippen LogP contribution in [0.3, 0.4) is 0 Å². The second-order valence-electron chi connectivity index (χ2n) is 19.2. The van der Waals surface area contributed by atoms with E-state index < -0.39 is 78.8 Å². The van der Waals surface area contributed by atoms with Gasteiger partial charge in [-0.05, 0) is 115 Å². The average Bonchev–Trinajstić information content (AvgIpc) is 1.74. The van der Waals surface area contributed by atoms with Gasteiger partial charge < -0.3 is 96.1 Å². The fraction of sp³-hybridized carbons (Fsp3) is 0.154. The topological polar surface area (TPSA) is 344 Å². The molecule has 8 aromatic rings. The maximum Gasteiger partial charge on any atom is 1.00 e. The van der Waals surface area contributed by atoms with Crippen molar-refractivity contribution < 1.29 is 202 Å². The fourth-order valence-electron chi connectivity index (χ4n) is 7.53. The van der Waals surface area contributed by atoms with Gasteiger partial charge >= 0.3 is 65.5 Å². The first-order chi connectivity index (χ1) is 51.6. The van der Waals surface area contributed by atoms with Crippen molar-refractivity contribution in [1.29, 1.82) is 5.26 Å². The first-order valence-electron chi connectivity index (χ1n) is 28.3. The summed E-state index contributed by atoms with van der Waals surface area (Å²) in [7, 11) is 9.92. The van der Waals surface area contributed by atoms with Crippen LogP contribution in [0.4, 0.5) is 35.1 Å². The van der Waals surface area contributed by atoms with E-state index in [4.69, 9.17) is 103 Å². The van der Waals surface area contributed by atoms with Gasteiger partial charge in [-0.3, -0.25) is 24.0 Å². The van der Waals surface area contributed by atoms with E-state index in [1.54, 1.807) is 18.2 Å². The smallest absolute Gasteiger partial charge is 1.00 e. The second kappa shape index (κ2) is 59.3. The number of carbonyl (C=O) groups excluding carboxylic acids is 5. The largest absolute Gasteiger partial charge is 1.00 e. The molecule has 112 heavy (non-hydrogen) atoms. The van der Waals surface area contributed by atoms with Crippen molar-refractivity contribution in [2.75, 3.05) is 41.4 Å². The van der Waals surface area contributed by atoms with Crippen molar-refractivity contribution in [3.63, 3.8) is 0 Å². The summed E-state index contributed by atoms with van der Waals surface area (Å²) in [6.45, 7) is 13.0. The molecular formula is C65H51B3Br6Cl3F8N2Na2O22S. The van der Waals surface area contributed by atoms with Crippen LogP contribution in [0.25, 0.3) is 4.85 Å². The average molecular weight is 2060 g/mol. The Morgan fingerprint density at radius 1 is 0.473 bits per heavy atom. The SMILES string of the molecule is BrB(Br)Br.BrB(Br)Br.COc1cc(C=O)cc(F)c1O.COc1cc(C=O)cc(F)c1O.Cc1c(O)cc(C=O)cc1F.Fc1cc(CCl)cc2c1OCO2.O=Cc1cc(F)c2c(c1)OCO2.O=Cc1cc(O)c(O)c(F)c1.O=S(Cl)Cl.OCc1cc(F)c2c(c1)OCO2.[B].[C-]#N.[C-]#[N+]Cc1cc(F)c2c(c1)OCO2.[H-].[Na+].[Na+]. The summed E-state index contributed by atoms with van der Waals surface area (Å²) in [6, 6.07) is 19.8. The summed E-state index contributed by atoms with van der Waals surface area (Å²) in [6.07, 6.45) is 2.38. The number of benzene rings is 8. The van der Waals surface area contributed by atoms with Gasteiger partial charge in [0, 0.05) is 74.6 Å². The summed E-state index contributed by atoms with van der Waals surface area (Å²) in [4.78, 5) is 54.1. The molecule has 0 aromatic heterocycles. The summed E-state index contributed by atoms with van der Waals surface area (Å²) in [5.74, 6) is -5.85. The number of ether oxygens (including phenoxy) is 10. The van der Waals surface area contributed by atoms with Crippen molar-refractivity contribution >= 4 is 183 Å². The van der Waals surface area contributed by atoms with Crippen LogP contribution < -0.4 is 106 Å². The number of phenolic OH excluding ortho intramolecular Hbond substituents is 5. The zero-order chi connectivity index (χ0) is 82.8. The number of fused-ring (bicyclic) bond motifs is 4. The van der Waals surface area contributed by atoms with Gasteiger partial charge in [0.25, 0.3) is 0 Å². The third kappa shape index (κ3) is 39.3. The number of aliphatic hydroxyl groups excluding tert-OH is 1. The third-order valence-electron chi connectivity index (χ3n) is 12.1. The quantitative estimate of drug-likeness (QED) is 0.0141. The van der Waals surface area contributed by atoms with Crippen LogP contribution in [-0.2, 0) is 28.3 Å². The minimum Gasteiger partial charge on any atom is -1.00 e. The van der Waals surface area contributed by atoms with Crippen LogP contribution >= 0.6 is 128 Å². The Morgan fingerprint density at radius 3 is 1.05 bits per heavy atom. The maximum atomic E-state index is 13.2. The third-order valence-corrected chi connectivity index (χ3v) is 12.4. The van der Waals surface area contributed by atoms with Crippen molar-refractivity contribution in [1.82, 2.24) is 0 Å². The molecule has 4 aliphatic heterocycles. The van der Waals surface area contributed by atoms with Crippen molar-refractivity contribution in [2.45, 2.75) is 26.0 Å². The number of carbonyl (C=O) groups is 5. The van der Waals surface area contributed by atoms with Crippen LogP contribution in [0.1, 0.15) is 75.5 Å². The molecule has 0 atom stereocenters. The molecule has 4 heterocycles. The number of methoxy groups -OCH3 is 2. The predicted molar refractivity (Wildman–Crippen MR) is 411 cm³/mol. The molecule has 12 rings (SSSR count). The monoisotopic (exact) mass is 2050 g/mol. The molecule has 589 valence electrons. The Morgan fingerprint density at radius 2 is 0.741 bits per heavy atom. The molecule has 3 radical (unpaired) electrons. The minimum atomic E-state index is -1.67. The molecular weight excluding hydrogens is 2010 g/mol. The van der Waals surface area contributed by atoms with Gasteiger partial charge in [0.1, 0.15) is 43.0 Å². The van der Waals surface area contributed by atoms with Crippen molar-refractivity contribution in [2.24, 2.45) is 0 Å². The van der Waals surface area contributed by atoms with Crippen LogP contribution in [0.2, 0.25) is 0 Å². The van der Waals surface area contributed by atoms with Crippen molar-refractivity contribution in [3.05, 3.63) is 212 Å². The molecule has 0 spiro atoms. The number of hydrogen-bond donors (Lipinski definition) is 6. The first-order valence-corrected chi connectivity index (χ1v) is 37.2. The Balaban J connectivity index is -0.000000584. The zero-order valence-electron chi connectivity index (χ0n) is 58.7. The predicted octanol–water partition coefficient (Wildman–Crippen LogP) is 11.3. The van der Waals surface area contributed by atoms with E-state index in [0.717, 1.165) is 36.4 Å². The first kappa shape index (κ1) is 110. The van der Waals surface area contributed by atoms with E-state index in [9.17, 15) is 59.1 Å². The number of aliphatic hydroxyl groups is 1. The molecule has 0 bridgehead atoms. The van der Waals surface area contributed by atoms with E-state index in [1.165, 1.54) is 63.6 Å². The summed E-state index contributed by atoms with van der Waals surface area (Å²) in [5.41, 5.74) is 2.58. The number of halogens is 17. The molecule has 0 amide bonds. The Hall–Kier alpha value is -6.42. The normalized spacial score (nSPS) is 10.5. The van der Waals surface area contributed by atoms with E-state index >= 15 is 0 Å². The number of rotatable bonds is 10. The molecule has 4 aliphatic rings. The molecule has 8 aromatic carbocycles. The van der Waals surface area contributed by atoms with Gasteiger partial charge in [-0.1, -0.05) is 0 Å². The van der Waals surface area contributed by atoms with Gasteiger partial charge in [-0.2, -0.15) is 0 Å². The van der Waals surface area contributed by atoms with Crippen molar-refractivity contribution in [3.8, 4) is 86.2 Å². The van der Waals surface area contributed by atoms with E-state index in [1.807, 2.05) is 0 Å². The number of nitrogens with zero attached hydrogens (tertiary/aromatic N) is 2. The van der Waals surface area contributed by atoms with E-state index in [2.05, 4.69) is 130 Å². The van der Waals surface area contributed by atoms with E-state index in [-0.39, 0.29) is 201 Å². The summed E-state index contributed by atoms with van der Waals surface area (Å²) < 4.78 is 161. The zero-order valence-corrected chi connectivity index (χ0v) is 74.3. The van der Waals surface area contributed by atoms with Gasteiger partial charge in [0.2, 0.25) is 65.9 Å². The molecule has 0 unspecified atom stereocenters. The molecule has 0 saturated carbocycles. The Kier molecular flexibility index (Phi) is 58.1. The number of aldehydes is 5. The number of aromatic hydroxyl groups is 5. The Labute approximate surface area is 747 Å². The van der Waals surface area contributed by atoms with Crippen LogP contribution in [-0.4, -0.2) is 122 Å². The molecule has 0 fully saturated rings. The second-order valence-corrected chi connectivity index (χ2v) is 34.8. The molecule has 0 aliphatic carbocycles. The Bertz CT molecular complexity index is 4220. The van der Waals surface area contributed by atoms with Gasteiger partial charge in [0.15, 0.2) is 98.2 Å². The minimum absolute atomic E-state index is 0. The molecule has 6 N–H and O–H groups in total. The maximum absolute atomic E-state index is 13.2. The molecule has 47 heteroatoms. The number of hydrogen-bond acceptors (Lipinski definition) is 23. The summed E-state index contributed by atoms with van der Waals surface area (Å²) >= 11 is 24.2. The number of alkyl halides is 1. The van der Waals surface area contributed by atoms with Crippen LogP contribution in [0.5, 0.6) is 86.2 Å². The van der Waals surface area contributed by atoms with Gasteiger partial charge in [-0.25, -0.2) is 45.9 Å².